The van der Waals surface area contributed by atoms with Gasteiger partial charge in [-0.3, -0.25) is 0 Å². The quantitative estimate of drug-likeness (QED) is 0.618. The topological polar surface area (TPSA) is 88.4 Å². The van der Waals surface area contributed by atoms with Crippen molar-refractivity contribution in [2.75, 3.05) is 17.3 Å². The molecule has 1 aliphatic carbocycles. The van der Waals surface area contributed by atoms with Gasteiger partial charge in [-0.1, -0.05) is 0 Å². The fourth-order valence-electron chi connectivity index (χ4n) is 2.40. The summed E-state index contributed by atoms with van der Waals surface area (Å²) >= 11 is 0. The van der Waals surface area contributed by atoms with Gasteiger partial charge in [0, 0.05) is 18.4 Å². The van der Waals surface area contributed by atoms with Crippen molar-refractivity contribution in [1.82, 2.24) is 9.55 Å². The van der Waals surface area contributed by atoms with Crippen molar-refractivity contribution in [3.05, 3.63) is 36.3 Å². The smallest absolute Gasteiger partial charge is 0.475 e. The number of imidazole rings is 1. The molecule has 1 aliphatic rings. The van der Waals surface area contributed by atoms with E-state index in [4.69, 9.17) is 0 Å². The number of benzene rings is 1. The van der Waals surface area contributed by atoms with Crippen LogP contribution in [-0.4, -0.2) is 33.7 Å². The van der Waals surface area contributed by atoms with Crippen LogP contribution < -0.4 is 15.4 Å². The molecule has 1 heterocycles. The molecular formula is C16H17F3N4O3. The van der Waals surface area contributed by atoms with Crippen LogP contribution in [-0.2, 0) is 6.54 Å². The molecule has 7 nitrogen and oxygen atoms in total. The SMILES string of the molecule is O=C(O)c1nc(NCNc2ccc(OC(F)(F)F)cc2)cn1CC1CC1. The Morgan fingerprint density at radius 2 is 1.96 bits per heavy atom. The lowest BCUT2D eigenvalue weighted by Crippen LogP contribution is -2.17. The van der Waals surface area contributed by atoms with Crippen LogP contribution in [0.15, 0.2) is 30.5 Å². The fraction of sp³-hybridized carbons (Fsp3) is 0.375. The van der Waals surface area contributed by atoms with E-state index >= 15 is 0 Å². The highest BCUT2D eigenvalue weighted by Gasteiger charge is 2.31. The minimum absolute atomic E-state index is 0.0203. The summed E-state index contributed by atoms with van der Waals surface area (Å²) in [6.07, 6.45) is -0.896. The molecule has 1 fully saturated rings. The van der Waals surface area contributed by atoms with E-state index in [-0.39, 0.29) is 18.2 Å². The Bertz CT molecular complexity index is 770. The fourth-order valence-corrected chi connectivity index (χ4v) is 2.40. The Hall–Kier alpha value is -2.91. The second-order valence-corrected chi connectivity index (χ2v) is 5.95. The molecule has 1 aromatic heterocycles. The minimum Gasteiger partial charge on any atom is -0.475 e. The number of aromatic nitrogens is 2. The van der Waals surface area contributed by atoms with E-state index in [1.54, 1.807) is 10.8 Å². The molecule has 3 rings (SSSR count). The summed E-state index contributed by atoms with van der Waals surface area (Å²) in [6, 6.07) is 5.28. The van der Waals surface area contributed by atoms with Gasteiger partial charge in [0.1, 0.15) is 11.6 Å². The number of rotatable bonds is 8. The van der Waals surface area contributed by atoms with Crippen LogP contribution in [0.4, 0.5) is 24.7 Å². The van der Waals surface area contributed by atoms with Crippen molar-refractivity contribution in [2.24, 2.45) is 5.92 Å². The summed E-state index contributed by atoms with van der Waals surface area (Å²) in [7, 11) is 0. The Morgan fingerprint density at radius 3 is 2.54 bits per heavy atom. The summed E-state index contributed by atoms with van der Waals surface area (Å²) in [5, 5.41) is 15.1. The zero-order chi connectivity index (χ0) is 18.7. The number of nitrogens with one attached hydrogen (secondary N) is 2. The van der Waals surface area contributed by atoms with E-state index in [1.807, 2.05) is 0 Å². The van der Waals surface area contributed by atoms with Gasteiger partial charge >= 0.3 is 12.3 Å². The maximum atomic E-state index is 12.1. The number of alkyl halides is 3. The summed E-state index contributed by atoms with van der Waals surface area (Å²) in [5.41, 5.74) is 0.572. The van der Waals surface area contributed by atoms with Crippen LogP contribution in [0.3, 0.4) is 0 Å². The highest BCUT2D eigenvalue weighted by atomic mass is 19.4. The molecule has 0 aliphatic heterocycles. The second kappa shape index (κ2) is 7.14. The lowest BCUT2D eigenvalue weighted by Gasteiger charge is -2.10. The van der Waals surface area contributed by atoms with Gasteiger partial charge < -0.3 is 25.0 Å². The van der Waals surface area contributed by atoms with E-state index in [0.29, 0.717) is 24.0 Å². The summed E-state index contributed by atoms with van der Waals surface area (Å²) in [4.78, 5) is 15.3. The van der Waals surface area contributed by atoms with E-state index in [9.17, 15) is 23.1 Å². The normalized spacial score (nSPS) is 14.1. The molecule has 1 aromatic carbocycles. The van der Waals surface area contributed by atoms with Gasteiger partial charge in [0.05, 0.1) is 6.67 Å². The number of carboxylic acid groups (broad SMARTS) is 1. The lowest BCUT2D eigenvalue weighted by molar-refractivity contribution is -0.274. The molecule has 0 atom stereocenters. The molecule has 0 bridgehead atoms. The van der Waals surface area contributed by atoms with Gasteiger partial charge in [-0.15, -0.1) is 13.2 Å². The van der Waals surface area contributed by atoms with Crippen molar-refractivity contribution in [3.63, 3.8) is 0 Å². The molecule has 0 amide bonds. The largest absolute Gasteiger partial charge is 0.573 e. The van der Waals surface area contributed by atoms with Gasteiger partial charge in [-0.2, -0.15) is 0 Å². The van der Waals surface area contributed by atoms with Crippen LogP contribution in [0.1, 0.15) is 23.5 Å². The molecule has 10 heteroatoms. The number of hydrogen-bond acceptors (Lipinski definition) is 5. The highest BCUT2D eigenvalue weighted by Crippen LogP contribution is 2.31. The van der Waals surface area contributed by atoms with E-state index in [0.717, 1.165) is 12.8 Å². The standard InChI is InChI=1S/C16H17F3N4O3/c17-16(18,19)26-12-5-3-11(4-6-12)20-9-21-13-8-23(7-10-1-2-10)14(22-13)15(24)25/h3-6,8,10,20-21H,1-2,7,9H2,(H,24,25). The second-order valence-electron chi connectivity index (χ2n) is 5.95. The molecule has 0 radical (unpaired) electrons. The number of hydrogen-bond donors (Lipinski definition) is 3. The third-order valence-corrected chi connectivity index (χ3v) is 3.77. The number of carbonyl (C=O) groups is 1. The monoisotopic (exact) mass is 370 g/mol. The van der Waals surface area contributed by atoms with Crippen molar-refractivity contribution < 1.29 is 27.8 Å². The van der Waals surface area contributed by atoms with Gasteiger partial charge in [0.15, 0.2) is 0 Å². The zero-order valence-corrected chi connectivity index (χ0v) is 13.6. The number of nitrogens with zero attached hydrogens (tertiary/aromatic N) is 2. The molecule has 0 unspecified atom stereocenters. The lowest BCUT2D eigenvalue weighted by atomic mass is 10.3. The Kier molecular flexibility index (Phi) is 4.92. The van der Waals surface area contributed by atoms with E-state index in [1.165, 1.54) is 24.3 Å². The average Bonchev–Trinajstić information content (AvgIpc) is 3.26. The Labute approximate surface area is 146 Å². The Balaban J connectivity index is 1.53. The molecule has 2 aromatic rings. The number of anilines is 2. The first-order valence-corrected chi connectivity index (χ1v) is 7.94. The maximum absolute atomic E-state index is 12.1. The predicted molar refractivity (Wildman–Crippen MR) is 87.1 cm³/mol. The van der Waals surface area contributed by atoms with Crippen molar-refractivity contribution in [2.45, 2.75) is 25.7 Å². The first-order valence-electron chi connectivity index (χ1n) is 7.94. The summed E-state index contributed by atoms with van der Waals surface area (Å²) < 4.78 is 41.7. The third kappa shape index (κ3) is 5.04. The van der Waals surface area contributed by atoms with Gasteiger partial charge in [0.25, 0.3) is 0 Å². The molecule has 140 valence electrons. The van der Waals surface area contributed by atoms with Crippen LogP contribution in [0, 0.1) is 5.92 Å². The van der Waals surface area contributed by atoms with Crippen LogP contribution in [0.2, 0.25) is 0 Å². The van der Waals surface area contributed by atoms with Gasteiger partial charge in [-0.05, 0) is 43.0 Å². The average molecular weight is 370 g/mol. The Morgan fingerprint density at radius 1 is 1.27 bits per heavy atom. The third-order valence-electron chi connectivity index (χ3n) is 3.77. The number of carboxylic acids is 1. The predicted octanol–water partition coefficient (Wildman–Crippen LogP) is 3.37. The molecule has 0 saturated heterocycles. The van der Waals surface area contributed by atoms with Crippen LogP contribution >= 0.6 is 0 Å². The van der Waals surface area contributed by atoms with Crippen molar-refractivity contribution in [1.29, 1.82) is 0 Å². The van der Waals surface area contributed by atoms with Crippen LogP contribution in [0.25, 0.3) is 0 Å². The van der Waals surface area contributed by atoms with E-state index in [2.05, 4.69) is 20.4 Å². The molecule has 1 saturated carbocycles. The maximum Gasteiger partial charge on any atom is 0.573 e. The molecule has 0 spiro atoms. The first-order chi connectivity index (χ1) is 12.3. The summed E-state index contributed by atoms with van der Waals surface area (Å²) in [6.45, 7) is 0.851. The van der Waals surface area contributed by atoms with Gasteiger partial charge in [-0.25, -0.2) is 9.78 Å². The molecular weight excluding hydrogens is 353 g/mol. The highest BCUT2D eigenvalue weighted by molar-refractivity contribution is 5.84. The number of halogens is 3. The van der Waals surface area contributed by atoms with Gasteiger partial charge in [0.2, 0.25) is 5.82 Å². The van der Waals surface area contributed by atoms with Crippen molar-refractivity contribution in [3.8, 4) is 5.75 Å². The molecule has 3 N–H and O–H groups in total. The molecule has 26 heavy (non-hydrogen) atoms. The minimum atomic E-state index is -4.72. The van der Waals surface area contributed by atoms with Crippen LogP contribution in [0.5, 0.6) is 5.75 Å². The van der Waals surface area contributed by atoms with Crippen molar-refractivity contribution >= 4 is 17.5 Å². The summed E-state index contributed by atoms with van der Waals surface area (Å²) in [5.74, 6) is -0.501. The zero-order valence-electron chi connectivity index (χ0n) is 13.6. The van der Waals surface area contributed by atoms with E-state index < -0.39 is 12.3 Å². The number of aromatic carboxylic acids is 1. The number of ether oxygens (including phenoxy) is 1. The first kappa shape index (κ1) is 17.9.